The van der Waals surface area contributed by atoms with Crippen molar-refractivity contribution < 1.29 is 18.6 Å². The number of hydrogen-bond donors (Lipinski definition) is 2. The van der Waals surface area contributed by atoms with Crippen LogP contribution in [0.5, 0.6) is 0 Å². The van der Waals surface area contributed by atoms with Gasteiger partial charge in [-0.1, -0.05) is 6.07 Å². The first kappa shape index (κ1) is 15.4. The van der Waals surface area contributed by atoms with E-state index in [1.807, 2.05) is 0 Å². The van der Waals surface area contributed by atoms with Crippen LogP contribution in [0.25, 0.3) is 0 Å². The van der Waals surface area contributed by atoms with Gasteiger partial charge in [0.15, 0.2) is 0 Å². The monoisotopic (exact) mass is 285 g/mol. The molecule has 0 aliphatic heterocycles. The van der Waals surface area contributed by atoms with Crippen molar-refractivity contribution in [3.8, 4) is 0 Å². The van der Waals surface area contributed by atoms with Crippen molar-refractivity contribution in [1.29, 1.82) is 0 Å². The molecule has 0 bridgehead atoms. The van der Waals surface area contributed by atoms with Gasteiger partial charge in [-0.15, -0.1) is 0 Å². The largest absolute Gasteiger partial charge is 0.387 e. The maximum absolute atomic E-state index is 13.5. The molecule has 0 radical (unpaired) electrons. The minimum Gasteiger partial charge on any atom is -0.387 e. The van der Waals surface area contributed by atoms with Gasteiger partial charge in [0, 0.05) is 38.4 Å². The quantitative estimate of drug-likeness (QED) is 0.770. The minimum absolute atomic E-state index is 0.126. The van der Waals surface area contributed by atoms with Crippen molar-refractivity contribution >= 4 is 0 Å². The van der Waals surface area contributed by atoms with Crippen LogP contribution in [-0.4, -0.2) is 31.9 Å². The van der Waals surface area contributed by atoms with E-state index >= 15 is 0 Å². The van der Waals surface area contributed by atoms with Crippen molar-refractivity contribution in [3.05, 3.63) is 35.4 Å². The van der Waals surface area contributed by atoms with Crippen LogP contribution in [0.4, 0.5) is 8.78 Å². The summed E-state index contributed by atoms with van der Waals surface area (Å²) in [6, 6.07) is 3.23. The molecule has 1 aromatic rings. The molecule has 0 aromatic heterocycles. The molecule has 1 atom stereocenters. The molecule has 1 aromatic carbocycles. The third kappa shape index (κ3) is 3.98. The van der Waals surface area contributed by atoms with Crippen molar-refractivity contribution in [2.45, 2.75) is 25.4 Å². The van der Waals surface area contributed by atoms with Gasteiger partial charge in [0.1, 0.15) is 11.6 Å². The van der Waals surface area contributed by atoms with Gasteiger partial charge in [-0.05, 0) is 30.7 Å². The van der Waals surface area contributed by atoms with Crippen LogP contribution in [0, 0.1) is 17.0 Å². The Morgan fingerprint density at radius 1 is 1.40 bits per heavy atom. The number of ether oxygens (including phenoxy) is 1. The van der Waals surface area contributed by atoms with Gasteiger partial charge in [0.25, 0.3) is 0 Å². The lowest BCUT2D eigenvalue weighted by Crippen LogP contribution is -2.29. The lowest BCUT2D eigenvalue weighted by molar-refractivity contribution is 0.156. The number of methoxy groups -OCH3 is 1. The lowest BCUT2D eigenvalue weighted by atomic mass is 10.0. The van der Waals surface area contributed by atoms with Crippen molar-refractivity contribution in [2.75, 3.05) is 26.8 Å². The molecule has 0 amide bonds. The van der Waals surface area contributed by atoms with Gasteiger partial charge < -0.3 is 15.2 Å². The van der Waals surface area contributed by atoms with E-state index in [2.05, 4.69) is 5.32 Å². The first-order valence-electron chi connectivity index (χ1n) is 6.89. The van der Waals surface area contributed by atoms with Crippen LogP contribution in [0.3, 0.4) is 0 Å². The van der Waals surface area contributed by atoms with E-state index in [1.165, 1.54) is 6.07 Å². The highest BCUT2D eigenvalue weighted by Crippen LogP contribution is 2.48. The molecule has 3 nitrogen and oxygen atoms in total. The zero-order chi connectivity index (χ0) is 14.6. The predicted molar refractivity (Wildman–Crippen MR) is 72.3 cm³/mol. The molecular formula is C15H21F2NO2. The highest BCUT2D eigenvalue weighted by Gasteiger charge is 2.41. The zero-order valence-electron chi connectivity index (χ0n) is 11.7. The average molecular weight is 285 g/mol. The number of aliphatic hydroxyl groups is 1. The Morgan fingerprint density at radius 2 is 2.15 bits per heavy atom. The van der Waals surface area contributed by atoms with E-state index < -0.39 is 17.7 Å². The molecule has 2 N–H and O–H groups in total. The second-order valence-electron chi connectivity index (χ2n) is 5.56. The summed E-state index contributed by atoms with van der Waals surface area (Å²) < 4.78 is 31.4. The first-order chi connectivity index (χ1) is 9.56. The zero-order valence-corrected chi connectivity index (χ0v) is 11.7. The van der Waals surface area contributed by atoms with Gasteiger partial charge in [-0.2, -0.15) is 0 Å². The Morgan fingerprint density at radius 3 is 2.75 bits per heavy atom. The average Bonchev–Trinajstić information content (AvgIpc) is 3.16. The summed E-state index contributed by atoms with van der Waals surface area (Å²) in [5.74, 6) is -1.34. The van der Waals surface area contributed by atoms with Crippen molar-refractivity contribution in [1.82, 2.24) is 5.32 Å². The molecular weight excluding hydrogens is 264 g/mol. The number of aliphatic hydroxyl groups excluding tert-OH is 1. The van der Waals surface area contributed by atoms with Gasteiger partial charge >= 0.3 is 0 Å². The molecule has 2 rings (SSSR count). The van der Waals surface area contributed by atoms with Crippen LogP contribution in [-0.2, 0) is 4.74 Å². The summed E-state index contributed by atoms with van der Waals surface area (Å²) in [7, 11) is 1.69. The molecule has 0 heterocycles. The lowest BCUT2D eigenvalue weighted by Gasteiger charge is -2.18. The maximum atomic E-state index is 13.5. The molecule has 1 aliphatic carbocycles. The molecule has 5 heteroatoms. The topological polar surface area (TPSA) is 41.5 Å². The van der Waals surface area contributed by atoms with E-state index in [-0.39, 0.29) is 17.5 Å². The fourth-order valence-electron chi connectivity index (χ4n) is 2.37. The van der Waals surface area contributed by atoms with Gasteiger partial charge in [0.05, 0.1) is 6.10 Å². The predicted octanol–water partition coefficient (Wildman–Crippen LogP) is 2.40. The van der Waals surface area contributed by atoms with Crippen LogP contribution in [0.2, 0.25) is 0 Å². The summed E-state index contributed by atoms with van der Waals surface area (Å²) in [4.78, 5) is 0. The summed E-state index contributed by atoms with van der Waals surface area (Å²) in [5, 5.41) is 13.1. The Bertz CT molecular complexity index is 449. The second-order valence-corrected chi connectivity index (χ2v) is 5.56. The van der Waals surface area contributed by atoms with E-state index in [4.69, 9.17) is 4.74 Å². The Labute approximate surface area is 117 Å². The summed E-state index contributed by atoms with van der Waals surface area (Å²) in [6.07, 6.45) is 2.35. The van der Waals surface area contributed by atoms with Gasteiger partial charge in [-0.3, -0.25) is 0 Å². The highest BCUT2D eigenvalue weighted by molar-refractivity contribution is 5.21. The Balaban J connectivity index is 1.79. The normalized spacial score (nSPS) is 18.0. The smallest absolute Gasteiger partial charge is 0.131 e. The third-order valence-electron chi connectivity index (χ3n) is 3.95. The third-order valence-corrected chi connectivity index (χ3v) is 3.95. The van der Waals surface area contributed by atoms with E-state index in [0.29, 0.717) is 0 Å². The summed E-state index contributed by atoms with van der Waals surface area (Å²) in [5.41, 5.74) is 0.400. The Hall–Kier alpha value is -1.04. The second kappa shape index (κ2) is 6.61. The molecule has 20 heavy (non-hydrogen) atoms. The number of hydrogen-bond acceptors (Lipinski definition) is 3. The van der Waals surface area contributed by atoms with Crippen LogP contribution >= 0.6 is 0 Å². The molecule has 1 saturated carbocycles. The van der Waals surface area contributed by atoms with Gasteiger partial charge in [-0.25, -0.2) is 8.78 Å². The molecule has 1 aliphatic rings. The summed E-state index contributed by atoms with van der Waals surface area (Å²) >= 11 is 0. The molecule has 0 spiro atoms. The maximum Gasteiger partial charge on any atom is 0.131 e. The Kier molecular flexibility index (Phi) is 5.07. The number of nitrogens with one attached hydrogen (secondary N) is 1. The van der Waals surface area contributed by atoms with Gasteiger partial charge in [0.2, 0.25) is 0 Å². The SMILES string of the molecule is COCCC1(CNCC(O)c2ccc(F)cc2F)CC1. The minimum atomic E-state index is -0.964. The number of benzene rings is 1. The first-order valence-corrected chi connectivity index (χ1v) is 6.89. The molecule has 1 fully saturated rings. The molecule has 1 unspecified atom stereocenters. The van der Waals surface area contributed by atoms with Crippen LogP contribution < -0.4 is 5.32 Å². The molecule has 0 saturated heterocycles. The standard InChI is InChI=1S/C15H21F2NO2/c1-20-7-6-15(4-5-15)10-18-9-14(19)12-3-2-11(16)8-13(12)17/h2-3,8,14,18-19H,4-7,9-10H2,1H3. The molecule has 112 valence electrons. The van der Waals surface area contributed by atoms with Crippen molar-refractivity contribution in [3.63, 3.8) is 0 Å². The fourth-order valence-corrected chi connectivity index (χ4v) is 2.37. The van der Waals surface area contributed by atoms with E-state index in [1.54, 1.807) is 7.11 Å². The highest BCUT2D eigenvalue weighted by atomic mass is 19.1. The van der Waals surface area contributed by atoms with Crippen LogP contribution in [0.1, 0.15) is 30.9 Å². The van der Waals surface area contributed by atoms with Crippen LogP contribution in [0.15, 0.2) is 18.2 Å². The van der Waals surface area contributed by atoms with E-state index in [9.17, 15) is 13.9 Å². The summed E-state index contributed by atoms with van der Waals surface area (Å²) in [6.45, 7) is 1.78. The fraction of sp³-hybridized carbons (Fsp3) is 0.600. The van der Waals surface area contributed by atoms with Crippen molar-refractivity contribution in [2.24, 2.45) is 5.41 Å². The van der Waals surface area contributed by atoms with E-state index in [0.717, 1.165) is 44.5 Å². The number of rotatable bonds is 8. The number of halogens is 2.